The van der Waals surface area contributed by atoms with Crippen molar-refractivity contribution in [1.29, 1.82) is 0 Å². The van der Waals surface area contributed by atoms with Crippen LogP contribution >= 0.6 is 23.2 Å². The number of carbonyl (C=O) groups excluding carboxylic acids is 1. The van der Waals surface area contributed by atoms with Crippen LogP contribution in [0.1, 0.15) is 17.3 Å². The molecule has 1 unspecified atom stereocenters. The maximum atomic E-state index is 11.4. The summed E-state index contributed by atoms with van der Waals surface area (Å²) in [6.07, 6.45) is 0. The van der Waals surface area contributed by atoms with Gasteiger partial charge in [-0.15, -0.1) is 11.6 Å². The minimum atomic E-state index is -0.640. The van der Waals surface area contributed by atoms with Crippen LogP contribution in [0, 0.1) is 0 Å². The Bertz CT molecular complexity index is 334. The van der Waals surface area contributed by atoms with Crippen molar-refractivity contribution in [3.63, 3.8) is 0 Å². The van der Waals surface area contributed by atoms with Crippen molar-refractivity contribution in [2.75, 3.05) is 0 Å². The molecule has 1 atom stereocenters. The highest BCUT2D eigenvalue weighted by Crippen LogP contribution is 2.27. The van der Waals surface area contributed by atoms with E-state index in [2.05, 4.69) is 0 Å². The number of alkyl halides is 1. The topological polar surface area (TPSA) is 37.3 Å². The molecule has 0 aliphatic rings. The summed E-state index contributed by atoms with van der Waals surface area (Å²) in [4.78, 5) is 11.4. The molecule has 0 radical (unpaired) electrons. The van der Waals surface area contributed by atoms with Crippen molar-refractivity contribution in [2.45, 2.75) is 12.3 Å². The van der Waals surface area contributed by atoms with E-state index in [0.29, 0.717) is 0 Å². The monoisotopic (exact) mass is 218 g/mol. The van der Waals surface area contributed by atoms with Gasteiger partial charge < -0.3 is 5.11 Å². The maximum absolute atomic E-state index is 11.4. The number of Topliss-reactive ketones (excluding diaryl/α,β-unsaturated/α-hetero) is 1. The summed E-state index contributed by atoms with van der Waals surface area (Å²) in [6, 6.07) is 4.50. The zero-order valence-corrected chi connectivity index (χ0v) is 8.43. The van der Waals surface area contributed by atoms with Gasteiger partial charge in [0.2, 0.25) is 0 Å². The Balaban J connectivity index is 3.15. The van der Waals surface area contributed by atoms with E-state index in [1.165, 1.54) is 12.1 Å². The molecule has 2 nitrogen and oxygen atoms in total. The van der Waals surface area contributed by atoms with Gasteiger partial charge in [0.1, 0.15) is 5.75 Å². The minimum Gasteiger partial charge on any atom is -0.506 e. The Morgan fingerprint density at radius 1 is 1.54 bits per heavy atom. The molecule has 1 aromatic rings. The second-order valence-electron chi connectivity index (χ2n) is 2.62. The molecule has 0 fully saturated rings. The highest BCUT2D eigenvalue weighted by atomic mass is 35.5. The van der Waals surface area contributed by atoms with Crippen LogP contribution < -0.4 is 0 Å². The van der Waals surface area contributed by atoms with Crippen molar-refractivity contribution in [1.82, 2.24) is 0 Å². The first-order chi connectivity index (χ1) is 6.04. The van der Waals surface area contributed by atoms with E-state index < -0.39 is 5.38 Å². The van der Waals surface area contributed by atoms with Crippen LogP contribution in [0.5, 0.6) is 5.75 Å². The van der Waals surface area contributed by atoms with E-state index in [1.807, 2.05) is 0 Å². The number of phenolic OH excluding ortho intramolecular Hbond substituents is 1. The van der Waals surface area contributed by atoms with Crippen LogP contribution in [0.3, 0.4) is 0 Å². The second-order valence-corrected chi connectivity index (χ2v) is 3.65. The molecule has 0 spiro atoms. The summed E-state index contributed by atoms with van der Waals surface area (Å²) < 4.78 is 0. The SMILES string of the molecule is CC(Cl)C(=O)c1cccc(O)c1Cl. The fraction of sp³-hybridized carbons (Fsp3) is 0.222. The summed E-state index contributed by atoms with van der Waals surface area (Å²) in [5.74, 6) is -0.396. The Hall–Kier alpha value is -0.730. The van der Waals surface area contributed by atoms with Crippen molar-refractivity contribution in [3.05, 3.63) is 28.8 Å². The third kappa shape index (κ3) is 2.14. The maximum Gasteiger partial charge on any atom is 0.182 e. The van der Waals surface area contributed by atoms with E-state index in [-0.39, 0.29) is 22.1 Å². The van der Waals surface area contributed by atoms with Gasteiger partial charge in [0.15, 0.2) is 5.78 Å². The molecule has 0 amide bonds. The van der Waals surface area contributed by atoms with Crippen molar-refractivity contribution >= 4 is 29.0 Å². The summed E-state index contributed by atoms with van der Waals surface area (Å²) >= 11 is 11.3. The highest BCUT2D eigenvalue weighted by molar-refractivity contribution is 6.39. The minimum absolute atomic E-state index is 0.0556. The van der Waals surface area contributed by atoms with E-state index in [1.54, 1.807) is 13.0 Å². The molecule has 0 saturated carbocycles. The molecule has 1 N–H and O–H groups in total. The summed E-state index contributed by atoms with van der Waals surface area (Å²) in [6.45, 7) is 1.56. The number of hydrogen-bond donors (Lipinski definition) is 1. The molecule has 0 bridgehead atoms. The smallest absolute Gasteiger partial charge is 0.182 e. The number of carbonyl (C=O) groups is 1. The van der Waals surface area contributed by atoms with Crippen LogP contribution in [0.4, 0.5) is 0 Å². The van der Waals surface area contributed by atoms with Gasteiger partial charge in [0.05, 0.1) is 10.4 Å². The van der Waals surface area contributed by atoms with Crippen LogP contribution in [0.15, 0.2) is 18.2 Å². The van der Waals surface area contributed by atoms with E-state index >= 15 is 0 Å². The summed E-state index contributed by atoms with van der Waals surface area (Å²) in [5.41, 5.74) is 0.254. The normalized spacial score (nSPS) is 12.5. The average molecular weight is 219 g/mol. The highest BCUT2D eigenvalue weighted by Gasteiger charge is 2.16. The standard InChI is InChI=1S/C9H8Cl2O2/c1-5(10)9(13)6-3-2-4-7(12)8(6)11/h2-5,12H,1H3. The predicted molar refractivity (Wildman–Crippen MR) is 52.8 cm³/mol. The Labute approximate surface area is 86.1 Å². The van der Waals surface area contributed by atoms with Crippen LogP contribution in [-0.4, -0.2) is 16.3 Å². The number of hydrogen-bond acceptors (Lipinski definition) is 2. The molecule has 0 aromatic heterocycles. The van der Waals surface area contributed by atoms with Crippen LogP contribution in [0.25, 0.3) is 0 Å². The molecule has 0 heterocycles. The van der Waals surface area contributed by atoms with E-state index in [4.69, 9.17) is 23.2 Å². The lowest BCUT2D eigenvalue weighted by Crippen LogP contribution is -2.10. The van der Waals surface area contributed by atoms with E-state index in [0.717, 1.165) is 0 Å². The van der Waals surface area contributed by atoms with Gasteiger partial charge >= 0.3 is 0 Å². The molecule has 1 rings (SSSR count). The number of benzene rings is 1. The first-order valence-corrected chi connectivity index (χ1v) is 4.51. The first kappa shape index (κ1) is 10.4. The number of ketones is 1. The van der Waals surface area contributed by atoms with Crippen molar-refractivity contribution < 1.29 is 9.90 Å². The largest absolute Gasteiger partial charge is 0.506 e. The molecule has 13 heavy (non-hydrogen) atoms. The molecule has 0 saturated heterocycles. The lowest BCUT2D eigenvalue weighted by molar-refractivity contribution is 0.0991. The summed E-state index contributed by atoms with van der Waals surface area (Å²) in [7, 11) is 0. The lowest BCUT2D eigenvalue weighted by Gasteiger charge is -2.05. The molecule has 4 heteroatoms. The Morgan fingerprint density at radius 2 is 2.15 bits per heavy atom. The molecule has 0 aliphatic carbocycles. The first-order valence-electron chi connectivity index (χ1n) is 3.69. The Kier molecular flexibility index (Phi) is 3.17. The van der Waals surface area contributed by atoms with Crippen molar-refractivity contribution in [2.24, 2.45) is 0 Å². The lowest BCUT2D eigenvalue weighted by atomic mass is 10.1. The van der Waals surface area contributed by atoms with Gasteiger partial charge in [-0.05, 0) is 19.1 Å². The zero-order chi connectivity index (χ0) is 10.0. The third-order valence-electron chi connectivity index (χ3n) is 1.61. The average Bonchev–Trinajstić information content (AvgIpc) is 2.08. The fourth-order valence-electron chi connectivity index (χ4n) is 0.924. The van der Waals surface area contributed by atoms with Gasteiger partial charge in [-0.1, -0.05) is 17.7 Å². The zero-order valence-electron chi connectivity index (χ0n) is 6.92. The molecule has 70 valence electrons. The van der Waals surface area contributed by atoms with Gasteiger partial charge in [-0.2, -0.15) is 0 Å². The van der Waals surface area contributed by atoms with Gasteiger partial charge in [0.25, 0.3) is 0 Å². The summed E-state index contributed by atoms with van der Waals surface area (Å²) in [5, 5.41) is 8.62. The molecule has 1 aromatic carbocycles. The van der Waals surface area contributed by atoms with Crippen LogP contribution in [0.2, 0.25) is 5.02 Å². The molecular formula is C9H8Cl2O2. The molecule has 0 aliphatic heterocycles. The Morgan fingerprint density at radius 3 is 2.69 bits per heavy atom. The number of rotatable bonds is 2. The third-order valence-corrected chi connectivity index (χ3v) is 2.20. The quantitative estimate of drug-likeness (QED) is 0.613. The van der Waals surface area contributed by atoms with Gasteiger partial charge in [0, 0.05) is 5.56 Å². The number of phenols is 1. The van der Waals surface area contributed by atoms with E-state index in [9.17, 15) is 9.90 Å². The number of halogens is 2. The fourth-order valence-corrected chi connectivity index (χ4v) is 1.26. The number of aromatic hydroxyl groups is 1. The van der Waals surface area contributed by atoms with Gasteiger partial charge in [-0.25, -0.2) is 0 Å². The predicted octanol–water partition coefficient (Wildman–Crippen LogP) is 2.86. The molecular weight excluding hydrogens is 211 g/mol. The second kappa shape index (κ2) is 3.99. The van der Waals surface area contributed by atoms with Crippen LogP contribution in [-0.2, 0) is 0 Å². The van der Waals surface area contributed by atoms with Crippen molar-refractivity contribution in [3.8, 4) is 5.75 Å². The van der Waals surface area contributed by atoms with Gasteiger partial charge in [-0.3, -0.25) is 4.79 Å².